The van der Waals surface area contributed by atoms with Crippen molar-refractivity contribution < 1.29 is 9.59 Å². The number of nitrogens with zero attached hydrogens (tertiary/aromatic N) is 3. The summed E-state index contributed by atoms with van der Waals surface area (Å²) in [5.74, 6) is -0.00437. The summed E-state index contributed by atoms with van der Waals surface area (Å²) in [5.41, 5.74) is 1.10. The Bertz CT molecular complexity index is 922. The molecule has 2 fully saturated rings. The monoisotopic (exact) mass is 431 g/mol. The molecule has 7 heteroatoms. The van der Waals surface area contributed by atoms with Gasteiger partial charge in [0.2, 0.25) is 5.91 Å². The summed E-state index contributed by atoms with van der Waals surface area (Å²) in [7, 11) is 0. The van der Waals surface area contributed by atoms with E-state index in [0.29, 0.717) is 29.7 Å². The Hall–Kier alpha value is -2.24. The van der Waals surface area contributed by atoms with E-state index in [-0.39, 0.29) is 24.4 Å². The molecule has 2 aliphatic heterocycles. The largest absolute Gasteiger partial charge is 0.366 e. The first-order valence-electron chi connectivity index (χ1n) is 9.67. The third-order valence-electron chi connectivity index (χ3n) is 5.76. The zero-order valence-electron chi connectivity index (χ0n) is 16.4. The summed E-state index contributed by atoms with van der Waals surface area (Å²) in [5, 5.41) is 1.32. The number of piperazine rings is 1. The van der Waals surface area contributed by atoms with Crippen molar-refractivity contribution in [2.24, 2.45) is 0 Å². The Kier molecular flexibility index (Phi) is 5.21. The van der Waals surface area contributed by atoms with Crippen molar-refractivity contribution in [1.82, 2.24) is 9.80 Å². The van der Waals surface area contributed by atoms with E-state index in [2.05, 4.69) is 4.90 Å². The van der Waals surface area contributed by atoms with Crippen LogP contribution in [-0.2, 0) is 16.1 Å². The second kappa shape index (κ2) is 7.54. The van der Waals surface area contributed by atoms with Crippen molar-refractivity contribution >= 4 is 40.7 Å². The van der Waals surface area contributed by atoms with Crippen LogP contribution >= 0.6 is 23.2 Å². The molecule has 0 unspecified atom stereocenters. The summed E-state index contributed by atoms with van der Waals surface area (Å²) < 4.78 is 0. The number of rotatable bonds is 4. The highest BCUT2D eigenvalue weighted by Crippen LogP contribution is 2.38. The molecular weight excluding hydrogens is 409 g/mol. The average Bonchev–Trinajstić information content (AvgIpc) is 2.65. The quantitative estimate of drug-likeness (QED) is 0.738. The number of carbonyl (C=O) groups excluding carboxylic acids is 2. The molecule has 1 spiro atoms. The minimum Gasteiger partial charge on any atom is -0.366 e. The molecule has 4 rings (SSSR count). The lowest BCUT2D eigenvalue weighted by atomic mass is 9.82. The van der Waals surface area contributed by atoms with E-state index in [0.717, 1.165) is 11.3 Å². The highest BCUT2D eigenvalue weighted by molar-refractivity contribution is 6.30. The molecule has 29 heavy (non-hydrogen) atoms. The lowest BCUT2D eigenvalue weighted by Crippen LogP contribution is -2.81. The Morgan fingerprint density at radius 1 is 0.931 bits per heavy atom. The minimum atomic E-state index is -0.848. The van der Waals surface area contributed by atoms with E-state index in [9.17, 15) is 9.59 Å². The third kappa shape index (κ3) is 3.58. The van der Waals surface area contributed by atoms with Crippen LogP contribution in [0.25, 0.3) is 0 Å². The van der Waals surface area contributed by atoms with Gasteiger partial charge in [-0.05, 0) is 55.8 Å². The highest BCUT2D eigenvalue weighted by Gasteiger charge is 2.59. The number of anilines is 1. The molecule has 0 radical (unpaired) electrons. The second-order valence-corrected chi connectivity index (χ2v) is 8.87. The number of benzene rings is 2. The number of carbonyl (C=O) groups is 2. The van der Waals surface area contributed by atoms with Crippen molar-refractivity contribution in [3.8, 4) is 0 Å². The molecule has 2 saturated heterocycles. The molecule has 0 saturated carbocycles. The van der Waals surface area contributed by atoms with Crippen LogP contribution in [0.15, 0.2) is 48.5 Å². The maximum Gasteiger partial charge on any atom is 0.252 e. The fourth-order valence-electron chi connectivity index (χ4n) is 4.08. The zero-order valence-corrected chi connectivity index (χ0v) is 18.0. The van der Waals surface area contributed by atoms with Gasteiger partial charge in [-0.15, -0.1) is 0 Å². The van der Waals surface area contributed by atoms with Crippen LogP contribution in [0.1, 0.15) is 19.4 Å². The molecule has 2 aliphatic rings. The van der Waals surface area contributed by atoms with Crippen molar-refractivity contribution in [3.05, 3.63) is 64.1 Å². The molecule has 2 aromatic rings. The topological polar surface area (TPSA) is 43.9 Å². The molecule has 2 aromatic carbocycles. The first-order chi connectivity index (χ1) is 13.8. The first-order valence-corrected chi connectivity index (χ1v) is 10.4. The Balaban J connectivity index is 1.63. The Labute approximate surface area is 180 Å². The van der Waals surface area contributed by atoms with E-state index < -0.39 is 5.54 Å². The third-order valence-corrected chi connectivity index (χ3v) is 6.26. The molecule has 0 bridgehead atoms. The van der Waals surface area contributed by atoms with E-state index in [1.54, 1.807) is 21.9 Å². The van der Waals surface area contributed by atoms with Gasteiger partial charge in [0.05, 0.1) is 13.1 Å². The maximum atomic E-state index is 13.5. The van der Waals surface area contributed by atoms with Gasteiger partial charge < -0.3 is 14.7 Å². The van der Waals surface area contributed by atoms with Gasteiger partial charge in [0, 0.05) is 28.3 Å². The van der Waals surface area contributed by atoms with Crippen LogP contribution in [0.2, 0.25) is 10.0 Å². The van der Waals surface area contributed by atoms with Crippen LogP contribution in [0, 0.1) is 0 Å². The normalized spacial score (nSPS) is 18.6. The van der Waals surface area contributed by atoms with Gasteiger partial charge in [-0.1, -0.05) is 35.3 Å². The van der Waals surface area contributed by atoms with Crippen LogP contribution in [0.3, 0.4) is 0 Å². The maximum absolute atomic E-state index is 13.5. The Morgan fingerprint density at radius 3 is 2.03 bits per heavy atom. The standard InChI is InChI=1S/C22H23Cl2N3O2/c1-15(2)26-12-20(28)27(11-16-3-5-17(23)6-4-16)22(21(26)29)13-25(14-22)19-9-7-18(24)8-10-19/h3-10,15H,11-14H2,1-2H3. The summed E-state index contributed by atoms with van der Waals surface area (Å²) in [6.45, 7) is 5.34. The van der Waals surface area contributed by atoms with Crippen molar-refractivity contribution in [1.29, 1.82) is 0 Å². The molecule has 2 amide bonds. The van der Waals surface area contributed by atoms with Gasteiger partial charge in [0.25, 0.3) is 5.91 Å². The van der Waals surface area contributed by atoms with Crippen molar-refractivity contribution in [3.63, 3.8) is 0 Å². The van der Waals surface area contributed by atoms with Crippen LogP contribution < -0.4 is 4.90 Å². The van der Waals surface area contributed by atoms with Gasteiger partial charge in [0.15, 0.2) is 5.54 Å². The Morgan fingerprint density at radius 2 is 1.48 bits per heavy atom. The summed E-state index contributed by atoms with van der Waals surface area (Å²) in [4.78, 5) is 32.1. The van der Waals surface area contributed by atoms with E-state index >= 15 is 0 Å². The predicted molar refractivity (Wildman–Crippen MR) is 115 cm³/mol. The number of amides is 2. The SMILES string of the molecule is CC(C)N1CC(=O)N(Cc2ccc(Cl)cc2)C2(CN(c3ccc(Cl)cc3)C2)C1=O. The number of hydrogen-bond donors (Lipinski definition) is 0. The molecule has 0 aliphatic carbocycles. The fraction of sp³-hybridized carbons (Fsp3) is 0.364. The molecule has 0 atom stereocenters. The smallest absolute Gasteiger partial charge is 0.252 e. The zero-order chi connectivity index (χ0) is 20.8. The van der Waals surface area contributed by atoms with Gasteiger partial charge in [-0.25, -0.2) is 0 Å². The van der Waals surface area contributed by atoms with E-state index in [4.69, 9.17) is 23.2 Å². The van der Waals surface area contributed by atoms with Crippen molar-refractivity contribution in [2.75, 3.05) is 24.5 Å². The summed E-state index contributed by atoms with van der Waals surface area (Å²) >= 11 is 12.0. The van der Waals surface area contributed by atoms with E-state index in [1.807, 2.05) is 50.2 Å². The van der Waals surface area contributed by atoms with E-state index in [1.165, 1.54) is 0 Å². The summed E-state index contributed by atoms with van der Waals surface area (Å²) in [6.07, 6.45) is 0. The van der Waals surface area contributed by atoms with Gasteiger partial charge >= 0.3 is 0 Å². The molecule has 152 valence electrons. The lowest BCUT2D eigenvalue weighted by molar-refractivity contribution is -0.170. The molecule has 5 nitrogen and oxygen atoms in total. The number of halogens is 2. The van der Waals surface area contributed by atoms with Gasteiger partial charge in [-0.3, -0.25) is 9.59 Å². The lowest BCUT2D eigenvalue weighted by Gasteiger charge is -2.59. The minimum absolute atomic E-state index is 0.0197. The second-order valence-electron chi connectivity index (χ2n) is 8.00. The number of hydrogen-bond acceptors (Lipinski definition) is 3. The summed E-state index contributed by atoms with van der Waals surface area (Å²) in [6, 6.07) is 14.9. The van der Waals surface area contributed by atoms with Gasteiger partial charge in [-0.2, -0.15) is 0 Å². The fourth-order valence-corrected chi connectivity index (χ4v) is 4.33. The van der Waals surface area contributed by atoms with Crippen LogP contribution in [0.5, 0.6) is 0 Å². The first kappa shape index (κ1) is 20.0. The molecular formula is C22H23Cl2N3O2. The molecule has 0 aromatic heterocycles. The average molecular weight is 432 g/mol. The molecule has 2 heterocycles. The van der Waals surface area contributed by atoms with Crippen LogP contribution in [-0.4, -0.2) is 52.8 Å². The molecule has 0 N–H and O–H groups in total. The highest BCUT2D eigenvalue weighted by atomic mass is 35.5. The predicted octanol–water partition coefficient (Wildman–Crippen LogP) is 3.83. The van der Waals surface area contributed by atoms with Crippen molar-refractivity contribution in [2.45, 2.75) is 32.0 Å². The van der Waals surface area contributed by atoms with Crippen LogP contribution in [0.4, 0.5) is 5.69 Å². The van der Waals surface area contributed by atoms with Gasteiger partial charge in [0.1, 0.15) is 6.54 Å².